The van der Waals surface area contributed by atoms with Crippen molar-refractivity contribution < 1.29 is 4.79 Å². The molecule has 1 amide bonds. The second-order valence-corrected chi connectivity index (χ2v) is 8.53. The van der Waals surface area contributed by atoms with E-state index in [2.05, 4.69) is 52.7 Å². The van der Waals surface area contributed by atoms with Gasteiger partial charge in [-0.3, -0.25) is 14.8 Å². The molecule has 7 heteroatoms. The lowest BCUT2D eigenvalue weighted by Gasteiger charge is -2.13. The van der Waals surface area contributed by atoms with E-state index in [-0.39, 0.29) is 0 Å². The van der Waals surface area contributed by atoms with E-state index in [1.165, 1.54) is 10.5 Å². The zero-order chi connectivity index (χ0) is 27.3. The van der Waals surface area contributed by atoms with Gasteiger partial charge in [-0.25, -0.2) is 0 Å². The monoisotopic (exact) mass is 504 g/mol. The maximum absolute atomic E-state index is 10.6. The molecule has 192 valence electrons. The summed E-state index contributed by atoms with van der Waals surface area (Å²) in [6.45, 7) is 4.14. The lowest BCUT2D eigenvalue weighted by molar-refractivity contribution is -0.107. The first-order valence-corrected chi connectivity index (χ1v) is 12.3. The SMILES string of the molecule is CC/C(=C\C=NC)Nc1ccc(N(C)C=O)cc1.Cc1ccc(Nc2ccnc3ccc(C#N)cc23)cc1. The Morgan fingerprint density at radius 1 is 1.05 bits per heavy atom. The summed E-state index contributed by atoms with van der Waals surface area (Å²) in [4.78, 5) is 20.4. The van der Waals surface area contributed by atoms with Crippen LogP contribution in [-0.4, -0.2) is 31.7 Å². The van der Waals surface area contributed by atoms with Gasteiger partial charge in [0.05, 0.1) is 17.1 Å². The molecule has 1 aromatic heterocycles. The van der Waals surface area contributed by atoms with Gasteiger partial charge in [0.1, 0.15) is 0 Å². The van der Waals surface area contributed by atoms with Gasteiger partial charge in [0.2, 0.25) is 6.41 Å². The summed E-state index contributed by atoms with van der Waals surface area (Å²) < 4.78 is 0. The molecule has 0 saturated heterocycles. The number of aryl methyl sites for hydroxylation is 1. The van der Waals surface area contributed by atoms with Crippen molar-refractivity contribution in [2.75, 3.05) is 29.6 Å². The second-order valence-electron chi connectivity index (χ2n) is 8.53. The number of aliphatic imine (C=N–C) groups is 1. The molecule has 2 N–H and O–H groups in total. The highest BCUT2D eigenvalue weighted by Crippen LogP contribution is 2.26. The number of nitrogens with zero attached hydrogens (tertiary/aromatic N) is 4. The van der Waals surface area contributed by atoms with Crippen LogP contribution in [0.2, 0.25) is 0 Å². The molecule has 1 heterocycles. The van der Waals surface area contributed by atoms with Crippen LogP contribution < -0.4 is 15.5 Å². The highest BCUT2D eigenvalue weighted by Gasteiger charge is 2.04. The van der Waals surface area contributed by atoms with E-state index in [0.29, 0.717) is 5.56 Å². The van der Waals surface area contributed by atoms with E-state index in [0.717, 1.165) is 52.2 Å². The van der Waals surface area contributed by atoms with Crippen LogP contribution in [0, 0.1) is 18.3 Å². The number of nitriles is 1. The molecule has 0 saturated carbocycles. The molecule has 0 radical (unpaired) electrons. The Bertz CT molecular complexity index is 1450. The summed E-state index contributed by atoms with van der Waals surface area (Å²) in [6.07, 6.45) is 7.18. The highest BCUT2D eigenvalue weighted by molar-refractivity contribution is 5.93. The molecule has 4 aromatic rings. The smallest absolute Gasteiger partial charge is 0.213 e. The maximum atomic E-state index is 10.6. The number of hydrogen-bond acceptors (Lipinski definition) is 6. The average Bonchev–Trinajstić information content (AvgIpc) is 2.96. The molecule has 38 heavy (non-hydrogen) atoms. The van der Waals surface area contributed by atoms with Gasteiger partial charge in [-0.2, -0.15) is 5.26 Å². The van der Waals surface area contributed by atoms with Gasteiger partial charge >= 0.3 is 0 Å². The molecule has 0 aliphatic heterocycles. The van der Waals surface area contributed by atoms with Crippen LogP contribution in [0.3, 0.4) is 0 Å². The number of fused-ring (bicyclic) bond motifs is 1. The van der Waals surface area contributed by atoms with E-state index in [9.17, 15) is 4.79 Å². The molecule has 0 bridgehead atoms. The summed E-state index contributed by atoms with van der Waals surface area (Å²) in [5.74, 6) is 0. The van der Waals surface area contributed by atoms with E-state index in [1.807, 2.05) is 60.7 Å². The third-order valence-corrected chi connectivity index (χ3v) is 5.74. The fraction of sp³-hybridized carbons (Fsp3) is 0.161. The average molecular weight is 505 g/mol. The number of anilines is 4. The van der Waals surface area contributed by atoms with Crippen molar-refractivity contribution in [2.24, 2.45) is 4.99 Å². The van der Waals surface area contributed by atoms with Crippen molar-refractivity contribution in [3.05, 3.63) is 102 Å². The lowest BCUT2D eigenvalue weighted by atomic mass is 10.1. The topological polar surface area (TPSA) is 93.4 Å². The predicted octanol–water partition coefficient (Wildman–Crippen LogP) is 6.84. The summed E-state index contributed by atoms with van der Waals surface area (Å²) in [6, 6.07) is 25.5. The normalized spacial score (nSPS) is 10.9. The van der Waals surface area contributed by atoms with Crippen molar-refractivity contribution in [1.29, 1.82) is 5.26 Å². The Balaban J connectivity index is 0.000000212. The molecule has 0 unspecified atom stereocenters. The van der Waals surface area contributed by atoms with Gasteiger partial charge in [-0.05, 0) is 80.1 Å². The molecule has 0 spiro atoms. The fourth-order valence-electron chi connectivity index (χ4n) is 3.56. The first kappa shape index (κ1) is 27.6. The molecule has 0 aliphatic carbocycles. The van der Waals surface area contributed by atoms with Gasteiger partial charge in [0.25, 0.3) is 0 Å². The Morgan fingerprint density at radius 3 is 2.39 bits per heavy atom. The minimum absolute atomic E-state index is 0.637. The lowest BCUT2D eigenvalue weighted by Crippen LogP contribution is -2.13. The van der Waals surface area contributed by atoms with Crippen LogP contribution in [0.1, 0.15) is 24.5 Å². The number of carbonyl (C=O) groups excluding carboxylic acids is 1. The van der Waals surface area contributed by atoms with E-state index in [1.54, 1.807) is 32.6 Å². The summed E-state index contributed by atoms with van der Waals surface area (Å²) >= 11 is 0. The minimum atomic E-state index is 0.637. The molecule has 4 rings (SSSR count). The number of pyridine rings is 1. The molecular weight excluding hydrogens is 472 g/mol. The second kappa shape index (κ2) is 14.0. The van der Waals surface area contributed by atoms with Gasteiger partial charge in [-0.15, -0.1) is 0 Å². The molecule has 0 atom stereocenters. The Morgan fingerprint density at radius 2 is 1.76 bits per heavy atom. The third-order valence-electron chi connectivity index (χ3n) is 5.74. The summed E-state index contributed by atoms with van der Waals surface area (Å²) in [7, 11) is 3.47. The molecule has 3 aromatic carbocycles. The largest absolute Gasteiger partial charge is 0.359 e. The van der Waals surface area contributed by atoms with E-state index >= 15 is 0 Å². The van der Waals surface area contributed by atoms with E-state index in [4.69, 9.17) is 5.26 Å². The van der Waals surface area contributed by atoms with Crippen molar-refractivity contribution in [1.82, 2.24) is 4.98 Å². The van der Waals surface area contributed by atoms with Crippen LogP contribution in [0.4, 0.5) is 22.7 Å². The molecular formula is C31H32N6O. The Hall–Kier alpha value is -4.96. The Labute approximate surface area is 224 Å². The van der Waals surface area contributed by atoms with Gasteiger partial charge in [0, 0.05) is 60.3 Å². The van der Waals surface area contributed by atoms with Crippen molar-refractivity contribution in [3.8, 4) is 6.07 Å². The minimum Gasteiger partial charge on any atom is -0.359 e. The third kappa shape index (κ3) is 7.77. The fourth-order valence-corrected chi connectivity index (χ4v) is 3.56. The first-order valence-electron chi connectivity index (χ1n) is 12.3. The van der Waals surface area contributed by atoms with Gasteiger partial charge in [-0.1, -0.05) is 24.6 Å². The summed E-state index contributed by atoms with van der Waals surface area (Å²) in [5.41, 5.74) is 7.67. The van der Waals surface area contributed by atoms with Crippen molar-refractivity contribution in [2.45, 2.75) is 20.3 Å². The van der Waals surface area contributed by atoms with Crippen molar-refractivity contribution in [3.63, 3.8) is 0 Å². The summed E-state index contributed by atoms with van der Waals surface area (Å²) in [5, 5.41) is 16.7. The van der Waals surface area contributed by atoms with Crippen LogP contribution in [0.15, 0.2) is 95.8 Å². The predicted molar refractivity (Wildman–Crippen MR) is 158 cm³/mol. The number of nitrogens with one attached hydrogen (secondary N) is 2. The number of aromatic nitrogens is 1. The van der Waals surface area contributed by atoms with Crippen LogP contribution in [0.25, 0.3) is 10.9 Å². The quantitative estimate of drug-likeness (QED) is 0.202. The first-order chi connectivity index (χ1) is 18.5. The number of rotatable bonds is 8. The molecule has 7 nitrogen and oxygen atoms in total. The van der Waals surface area contributed by atoms with Crippen LogP contribution >= 0.6 is 0 Å². The zero-order valence-electron chi connectivity index (χ0n) is 22.1. The molecule has 0 fully saturated rings. The maximum Gasteiger partial charge on any atom is 0.213 e. The number of amides is 1. The van der Waals surface area contributed by atoms with Gasteiger partial charge < -0.3 is 15.5 Å². The zero-order valence-corrected chi connectivity index (χ0v) is 22.1. The highest BCUT2D eigenvalue weighted by atomic mass is 16.1. The van der Waals surface area contributed by atoms with Crippen molar-refractivity contribution >= 4 is 46.3 Å². The van der Waals surface area contributed by atoms with Crippen LogP contribution in [0.5, 0.6) is 0 Å². The number of carbonyl (C=O) groups is 1. The van der Waals surface area contributed by atoms with Crippen LogP contribution in [-0.2, 0) is 4.79 Å². The Kier molecular flexibility index (Phi) is 10.1. The number of hydrogen-bond donors (Lipinski definition) is 2. The van der Waals surface area contributed by atoms with E-state index < -0.39 is 0 Å². The number of allylic oxidation sites excluding steroid dienone is 2. The number of benzene rings is 3. The molecule has 0 aliphatic rings. The standard InChI is InChI=1S/C17H13N3.C14H19N3O/c1-12-2-5-14(6-3-12)20-17-8-9-19-16-7-4-13(11-18)10-15(16)17;1-4-12(9-10-15-2)16-13-5-7-14(8-6-13)17(3)11-18/h2-10H,1H3,(H,19,20);5-11,16H,4H2,1-3H3/b;12-9+,15-10?. The van der Waals surface area contributed by atoms with Gasteiger partial charge in [0.15, 0.2) is 0 Å².